The zero-order valence-electron chi connectivity index (χ0n) is 18.0. The van der Waals surface area contributed by atoms with Crippen LogP contribution in [0.15, 0.2) is 30.3 Å². The topological polar surface area (TPSA) is 79.5 Å². The second-order valence-electron chi connectivity index (χ2n) is 7.70. The number of H-pyrrole nitrogens is 1. The second kappa shape index (κ2) is 9.54. The number of amides is 1. The van der Waals surface area contributed by atoms with Gasteiger partial charge in [-0.1, -0.05) is 32.0 Å². The minimum atomic E-state index is -0.667. The smallest absolute Gasteiger partial charge is 0.354 e. The highest BCUT2D eigenvalue weighted by atomic mass is 16.5. The average Bonchev–Trinajstić information content (AvgIpc) is 3.01. The number of aromatic nitrogens is 1. The molecular formula is C23H30N2O4. The molecule has 0 saturated carbocycles. The largest absolute Gasteiger partial charge is 0.464 e. The van der Waals surface area contributed by atoms with E-state index in [-0.39, 0.29) is 17.4 Å². The van der Waals surface area contributed by atoms with Gasteiger partial charge in [0.15, 0.2) is 5.78 Å². The molecule has 1 aromatic heterocycles. The normalized spacial score (nSPS) is 12.0. The number of nitrogens with zero attached hydrogens (tertiary/aromatic N) is 1. The van der Waals surface area contributed by atoms with Crippen molar-refractivity contribution in [3.63, 3.8) is 0 Å². The van der Waals surface area contributed by atoms with Crippen LogP contribution in [-0.4, -0.2) is 47.2 Å². The number of carbonyl (C=O) groups is 3. The first-order valence-corrected chi connectivity index (χ1v) is 9.86. The molecule has 0 aliphatic heterocycles. The zero-order chi connectivity index (χ0) is 21.7. The van der Waals surface area contributed by atoms with E-state index in [9.17, 15) is 14.4 Å². The SMILES string of the molecule is COC(=O)c1[nH]c(C)c(C(=O)C(C)N(CCC(C)C)C(=O)c2ccccc2)c1C. The Labute approximate surface area is 172 Å². The lowest BCUT2D eigenvalue weighted by molar-refractivity contribution is 0.0592. The van der Waals surface area contributed by atoms with Crippen molar-refractivity contribution in [3.8, 4) is 0 Å². The van der Waals surface area contributed by atoms with Crippen molar-refractivity contribution in [1.82, 2.24) is 9.88 Å². The van der Waals surface area contributed by atoms with E-state index in [1.54, 1.807) is 37.8 Å². The maximum Gasteiger partial charge on any atom is 0.354 e. The van der Waals surface area contributed by atoms with Gasteiger partial charge in [-0.25, -0.2) is 4.79 Å². The lowest BCUT2D eigenvalue weighted by atomic mass is 9.98. The Morgan fingerprint density at radius 3 is 2.24 bits per heavy atom. The van der Waals surface area contributed by atoms with Crippen molar-refractivity contribution in [3.05, 3.63) is 58.4 Å². The number of Topliss-reactive ketones (excluding diaryl/α,β-unsaturated/α-hetero) is 1. The Hall–Kier alpha value is -2.89. The lowest BCUT2D eigenvalue weighted by Crippen LogP contribution is -2.44. The predicted molar refractivity (Wildman–Crippen MR) is 112 cm³/mol. The van der Waals surface area contributed by atoms with Gasteiger partial charge in [0.2, 0.25) is 0 Å². The van der Waals surface area contributed by atoms with Crippen LogP contribution in [0.4, 0.5) is 0 Å². The number of hydrogen-bond acceptors (Lipinski definition) is 4. The summed E-state index contributed by atoms with van der Waals surface area (Å²) in [6.45, 7) is 9.85. The van der Waals surface area contributed by atoms with Crippen molar-refractivity contribution >= 4 is 17.7 Å². The molecule has 0 spiro atoms. The molecule has 1 heterocycles. The van der Waals surface area contributed by atoms with Gasteiger partial charge < -0.3 is 14.6 Å². The average molecular weight is 399 g/mol. The Kier molecular flexibility index (Phi) is 7.37. The minimum absolute atomic E-state index is 0.175. The second-order valence-corrected chi connectivity index (χ2v) is 7.70. The van der Waals surface area contributed by atoms with Crippen molar-refractivity contribution < 1.29 is 19.1 Å². The summed E-state index contributed by atoms with van der Waals surface area (Å²) in [4.78, 5) is 43.1. The van der Waals surface area contributed by atoms with E-state index >= 15 is 0 Å². The van der Waals surface area contributed by atoms with Gasteiger partial charge in [0.05, 0.1) is 13.2 Å². The van der Waals surface area contributed by atoms with Crippen LogP contribution in [-0.2, 0) is 4.74 Å². The highest BCUT2D eigenvalue weighted by Crippen LogP contribution is 2.23. The summed E-state index contributed by atoms with van der Waals surface area (Å²) in [6.07, 6.45) is 0.786. The number of carbonyl (C=O) groups excluding carboxylic acids is 3. The molecule has 1 amide bonds. The predicted octanol–water partition coefficient (Wildman–Crippen LogP) is 4.18. The third-order valence-corrected chi connectivity index (χ3v) is 5.15. The van der Waals surface area contributed by atoms with Crippen LogP contribution in [0.3, 0.4) is 0 Å². The van der Waals surface area contributed by atoms with Crippen LogP contribution < -0.4 is 0 Å². The fourth-order valence-corrected chi connectivity index (χ4v) is 3.39. The molecule has 0 bridgehead atoms. The first kappa shape index (κ1) is 22.4. The van der Waals surface area contributed by atoms with E-state index in [0.29, 0.717) is 34.8 Å². The maximum atomic E-state index is 13.4. The fourth-order valence-electron chi connectivity index (χ4n) is 3.39. The number of hydrogen-bond donors (Lipinski definition) is 1. The van der Waals surface area contributed by atoms with E-state index in [0.717, 1.165) is 6.42 Å². The van der Waals surface area contributed by atoms with Crippen molar-refractivity contribution in [2.45, 2.75) is 47.1 Å². The molecule has 1 unspecified atom stereocenters. The van der Waals surface area contributed by atoms with E-state index in [1.165, 1.54) is 7.11 Å². The third-order valence-electron chi connectivity index (χ3n) is 5.15. The molecule has 1 N–H and O–H groups in total. The summed E-state index contributed by atoms with van der Waals surface area (Å²) in [6, 6.07) is 8.31. The molecule has 0 aliphatic carbocycles. The molecule has 2 aromatic rings. The van der Waals surface area contributed by atoms with E-state index in [2.05, 4.69) is 18.8 Å². The fraction of sp³-hybridized carbons (Fsp3) is 0.435. The summed E-state index contributed by atoms with van der Waals surface area (Å²) in [7, 11) is 1.30. The van der Waals surface area contributed by atoms with Crippen molar-refractivity contribution in [2.75, 3.05) is 13.7 Å². The number of rotatable bonds is 8. The lowest BCUT2D eigenvalue weighted by Gasteiger charge is -2.29. The number of nitrogens with one attached hydrogen (secondary N) is 1. The van der Waals surface area contributed by atoms with Crippen LogP contribution in [0, 0.1) is 19.8 Å². The van der Waals surface area contributed by atoms with Gasteiger partial charge in [-0.05, 0) is 50.8 Å². The molecule has 6 nitrogen and oxygen atoms in total. The minimum Gasteiger partial charge on any atom is -0.464 e. The van der Waals surface area contributed by atoms with Gasteiger partial charge in [0.25, 0.3) is 5.91 Å². The maximum absolute atomic E-state index is 13.4. The van der Waals surface area contributed by atoms with Gasteiger partial charge in [-0.15, -0.1) is 0 Å². The molecule has 0 aliphatic rings. The summed E-state index contributed by atoms with van der Waals surface area (Å²) in [5.41, 5.74) is 2.39. The Balaban J connectivity index is 2.39. The van der Waals surface area contributed by atoms with Crippen LogP contribution in [0.25, 0.3) is 0 Å². The van der Waals surface area contributed by atoms with E-state index in [1.807, 2.05) is 18.2 Å². The molecule has 0 saturated heterocycles. The molecule has 0 radical (unpaired) electrons. The third kappa shape index (κ3) is 4.94. The molecule has 2 rings (SSSR count). The zero-order valence-corrected chi connectivity index (χ0v) is 18.0. The van der Waals surface area contributed by atoms with Gasteiger partial charge >= 0.3 is 5.97 Å². The van der Waals surface area contributed by atoms with Gasteiger partial charge in [-0.3, -0.25) is 9.59 Å². The quantitative estimate of drug-likeness (QED) is 0.534. The Morgan fingerprint density at radius 2 is 1.69 bits per heavy atom. The Morgan fingerprint density at radius 1 is 1.07 bits per heavy atom. The number of aromatic amines is 1. The number of ether oxygens (including phenoxy) is 1. The standard InChI is InChI=1S/C23H30N2O4/c1-14(2)12-13-25(22(27)18-10-8-7-9-11-18)17(5)21(26)19-15(3)20(23(28)29-6)24-16(19)4/h7-11,14,17,24H,12-13H2,1-6H3. The van der Waals surface area contributed by atoms with Crippen LogP contribution in [0.2, 0.25) is 0 Å². The first-order chi connectivity index (χ1) is 13.7. The first-order valence-electron chi connectivity index (χ1n) is 9.86. The summed E-state index contributed by atoms with van der Waals surface area (Å²) in [5.74, 6) is -0.495. The highest BCUT2D eigenvalue weighted by Gasteiger charge is 2.31. The van der Waals surface area contributed by atoms with Gasteiger partial charge in [-0.2, -0.15) is 0 Å². The molecule has 1 atom stereocenters. The van der Waals surface area contributed by atoms with Crippen LogP contribution in [0.1, 0.15) is 69.7 Å². The number of ketones is 1. The molecule has 1 aromatic carbocycles. The molecule has 6 heteroatoms. The van der Waals surface area contributed by atoms with Crippen LogP contribution >= 0.6 is 0 Å². The molecule has 156 valence electrons. The van der Waals surface area contributed by atoms with Gasteiger partial charge in [0.1, 0.15) is 5.69 Å². The van der Waals surface area contributed by atoms with E-state index < -0.39 is 12.0 Å². The summed E-state index contributed by atoms with van der Waals surface area (Å²) < 4.78 is 4.79. The van der Waals surface area contributed by atoms with Crippen molar-refractivity contribution in [1.29, 1.82) is 0 Å². The van der Waals surface area contributed by atoms with Crippen molar-refractivity contribution in [2.24, 2.45) is 5.92 Å². The highest BCUT2D eigenvalue weighted by molar-refractivity contribution is 6.07. The number of aryl methyl sites for hydroxylation is 1. The van der Waals surface area contributed by atoms with E-state index in [4.69, 9.17) is 4.74 Å². The molecule has 0 fully saturated rings. The summed E-state index contributed by atoms with van der Waals surface area (Å²) >= 11 is 0. The van der Waals surface area contributed by atoms with Crippen LogP contribution in [0.5, 0.6) is 0 Å². The summed E-state index contributed by atoms with van der Waals surface area (Å²) in [5, 5.41) is 0. The molecular weight excluding hydrogens is 368 g/mol. The number of benzene rings is 1. The monoisotopic (exact) mass is 398 g/mol. The van der Waals surface area contributed by atoms with Gasteiger partial charge in [0, 0.05) is 23.4 Å². The molecule has 29 heavy (non-hydrogen) atoms. The number of esters is 1. The Bertz CT molecular complexity index is 884. The number of methoxy groups -OCH3 is 1.